The average Bonchev–Trinajstić information content (AvgIpc) is 3.33. The minimum Gasteiger partial charge on any atom is -0.497 e. The first-order valence-corrected chi connectivity index (χ1v) is 11.0. The fraction of sp³-hybridized carbons (Fsp3) is 0.476. The fourth-order valence-corrected chi connectivity index (χ4v) is 4.63. The molecule has 0 bridgehead atoms. The van der Waals surface area contributed by atoms with Gasteiger partial charge < -0.3 is 14.5 Å². The van der Waals surface area contributed by atoms with Gasteiger partial charge in [0.05, 0.1) is 23.2 Å². The van der Waals surface area contributed by atoms with Crippen LogP contribution in [-0.2, 0) is 4.79 Å². The molecule has 0 atom stereocenters. The zero-order valence-corrected chi connectivity index (χ0v) is 18.0. The molecule has 1 aliphatic heterocycles. The minimum atomic E-state index is 0.279. The van der Waals surface area contributed by atoms with Crippen molar-refractivity contribution >= 4 is 32.7 Å². The lowest BCUT2D eigenvalue weighted by atomic mass is 10.2. The molecule has 1 amide bonds. The number of thiazole rings is 1. The van der Waals surface area contributed by atoms with Crippen LogP contribution in [0.15, 0.2) is 24.3 Å². The fourth-order valence-electron chi connectivity index (χ4n) is 3.60. The van der Waals surface area contributed by atoms with E-state index in [2.05, 4.69) is 16.9 Å². The maximum absolute atomic E-state index is 12.3. The number of ether oxygens (including phenoxy) is 1. The Hall–Kier alpha value is -2.61. The smallest absolute Gasteiger partial charge is 0.222 e. The van der Waals surface area contributed by atoms with Crippen LogP contribution in [0.4, 0.5) is 5.13 Å². The second-order valence-corrected chi connectivity index (χ2v) is 8.29. The van der Waals surface area contributed by atoms with E-state index >= 15 is 0 Å². The molecule has 0 radical (unpaired) electrons. The summed E-state index contributed by atoms with van der Waals surface area (Å²) in [4.78, 5) is 21.4. The zero-order valence-electron chi connectivity index (χ0n) is 17.2. The summed E-state index contributed by atoms with van der Waals surface area (Å²) < 4.78 is 8.26. The van der Waals surface area contributed by atoms with Gasteiger partial charge in [0.2, 0.25) is 5.91 Å². The Morgan fingerprint density at radius 3 is 2.55 bits per heavy atom. The van der Waals surface area contributed by atoms with E-state index in [1.165, 1.54) is 0 Å². The predicted octanol–water partition coefficient (Wildman–Crippen LogP) is 3.64. The van der Waals surface area contributed by atoms with Gasteiger partial charge in [0.25, 0.3) is 0 Å². The Balaban J connectivity index is 1.52. The van der Waals surface area contributed by atoms with E-state index in [0.717, 1.165) is 71.6 Å². The van der Waals surface area contributed by atoms with E-state index in [1.807, 2.05) is 40.8 Å². The lowest BCUT2D eigenvalue weighted by Crippen LogP contribution is -2.48. The number of piperazine rings is 1. The zero-order chi connectivity index (χ0) is 20.4. The van der Waals surface area contributed by atoms with Crippen molar-refractivity contribution in [3.8, 4) is 11.4 Å². The van der Waals surface area contributed by atoms with E-state index in [1.54, 1.807) is 18.4 Å². The summed E-state index contributed by atoms with van der Waals surface area (Å²) in [5, 5.41) is 5.68. The van der Waals surface area contributed by atoms with Gasteiger partial charge in [0.15, 0.2) is 10.8 Å². The monoisotopic (exact) mass is 413 g/mol. The Bertz CT molecular complexity index is 987. The van der Waals surface area contributed by atoms with Gasteiger partial charge in [0.1, 0.15) is 5.75 Å². The van der Waals surface area contributed by atoms with Crippen LogP contribution in [0.2, 0.25) is 0 Å². The highest BCUT2D eigenvalue weighted by Gasteiger charge is 2.24. The lowest BCUT2D eigenvalue weighted by Gasteiger charge is -2.34. The third kappa shape index (κ3) is 3.94. The van der Waals surface area contributed by atoms with Crippen molar-refractivity contribution in [1.82, 2.24) is 19.7 Å². The maximum atomic E-state index is 12.3. The molecule has 4 rings (SSSR count). The Morgan fingerprint density at radius 2 is 1.90 bits per heavy atom. The number of benzene rings is 1. The molecular weight excluding hydrogens is 386 g/mol. The second-order valence-electron chi connectivity index (χ2n) is 7.32. The summed E-state index contributed by atoms with van der Waals surface area (Å²) in [6.45, 7) is 7.32. The lowest BCUT2D eigenvalue weighted by molar-refractivity contribution is -0.131. The standard InChI is InChI=1S/C21H27N5O2S/c1-4-5-6-18(27)24-11-13-25(14-12-24)21-22-20-19(29-21)15(2)23-26(20)16-7-9-17(28-3)10-8-16/h7-10H,4-6,11-14H2,1-3H3. The van der Waals surface area contributed by atoms with Crippen molar-refractivity contribution in [3.05, 3.63) is 30.0 Å². The van der Waals surface area contributed by atoms with Gasteiger partial charge in [0, 0.05) is 32.6 Å². The molecule has 1 saturated heterocycles. The highest BCUT2D eigenvalue weighted by molar-refractivity contribution is 7.22. The summed E-state index contributed by atoms with van der Waals surface area (Å²) in [6, 6.07) is 7.84. The highest BCUT2D eigenvalue weighted by Crippen LogP contribution is 2.33. The van der Waals surface area contributed by atoms with Crippen molar-refractivity contribution in [2.24, 2.45) is 0 Å². The van der Waals surface area contributed by atoms with E-state index in [4.69, 9.17) is 9.72 Å². The highest BCUT2D eigenvalue weighted by atomic mass is 32.1. The summed E-state index contributed by atoms with van der Waals surface area (Å²) >= 11 is 1.68. The summed E-state index contributed by atoms with van der Waals surface area (Å²) in [6.07, 6.45) is 2.69. The van der Waals surface area contributed by atoms with Crippen LogP contribution in [0.1, 0.15) is 31.9 Å². The molecule has 0 unspecified atom stereocenters. The van der Waals surface area contributed by atoms with E-state index in [-0.39, 0.29) is 5.91 Å². The molecule has 0 spiro atoms. The molecule has 154 valence electrons. The Kier molecular flexibility index (Phi) is 5.71. The first kappa shape index (κ1) is 19.7. The molecule has 3 heterocycles. The number of aromatic nitrogens is 3. The van der Waals surface area contributed by atoms with Crippen LogP contribution < -0.4 is 9.64 Å². The van der Waals surface area contributed by atoms with Crippen LogP contribution in [0, 0.1) is 6.92 Å². The number of hydrogen-bond donors (Lipinski definition) is 0. The van der Waals surface area contributed by atoms with Gasteiger partial charge in [-0.25, -0.2) is 4.68 Å². The topological polar surface area (TPSA) is 63.5 Å². The number of rotatable bonds is 6. The van der Waals surface area contributed by atoms with Crippen LogP contribution in [0.5, 0.6) is 5.75 Å². The third-order valence-corrected chi connectivity index (χ3v) is 6.56. The molecule has 1 aliphatic rings. The molecule has 1 aromatic carbocycles. The van der Waals surface area contributed by atoms with E-state index < -0.39 is 0 Å². The molecule has 0 N–H and O–H groups in total. The minimum absolute atomic E-state index is 0.279. The molecule has 1 fully saturated rings. The molecule has 3 aromatic rings. The normalized spacial score (nSPS) is 14.6. The number of amides is 1. The first-order chi connectivity index (χ1) is 14.1. The number of carbonyl (C=O) groups is 1. The number of hydrogen-bond acceptors (Lipinski definition) is 6. The number of unbranched alkanes of at least 4 members (excludes halogenated alkanes) is 1. The summed E-state index contributed by atoms with van der Waals surface area (Å²) in [5.41, 5.74) is 2.83. The SMILES string of the molecule is CCCCC(=O)N1CCN(c2nc3c(s2)c(C)nn3-c2ccc(OC)cc2)CC1. The number of anilines is 1. The summed E-state index contributed by atoms with van der Waals surface area (Å²) in [7, 11) is 1.66. The van der Waals surface area contributed by atoms with Crippen LogP contribution in [0.3, 0.4) is 0 Å². The van der Waals surface area contributed by atoms with Crippen molar-refractivity contribution in [3.63, 3.8) is 0 Å². The van der Waals surface area contributed by atoms with Crippen molar-refractivity contribution in [1.29, 1.82) is 0 Å². The van der Waals surface area contributed by atoms with Crippen LogP contribution in [-0.4, -0.2) is 58.9 Å². The number of carbonyl (C=O) groups excluding carboxylic acids is 1. The van der Waals surface area contributed by atoms with Gasteiger partial charge in [-0.3, -0.25) is 4.79 Å². The molecule has 7 nitrogen and oxygen atoms in total. The van der Waals surface area contributed by atoms with E-state index in [9.17, 15) is 4.79 Å². The first-order valence-electron chi connectivity index (χ1n) is 10.1. The summed E-state index contributed by atoms with van der Waals surface area (Å²) in [5.74, 6) is 1.10. The van der Waals surface area contributed by atoms with Gasteiger partial charge in [-0.05, 0) is 37.6 Å². The molecule has 8 heteroatoms. The molecule has 2 aromatic heterocycles. The maximum Gasteiger partial charge on any atom is 0.222 e. The Labute approximate surface area is 174 Å². The number of methoxy groups -OCH3 is 1. The average molecular weight is 414 g/mol. The quantitative estimate of drug-likeness (QED) is 0.617. The Morgan fingerprint density at radius 1 is 1.17 bits per heavy atom. The van der Waals surface area contributed by atoms with Crippen molar-refractivity contribution < 1.29 is 9.53 Å². The van der Waals surface area contributed by atoms with Crippen LogP contribution >= 0.6 is 11.3 Å². The molecule has 0 aliphatic carbocycles. The van der Waals surface area contributed by atoms with E-state index in [0.29, 0.717) is 6.42 Å². The van der Waals surface area contributed by atoms with Gasteiger partial charge in [-0.1, -0.05) is 24.7 Å². The third-order valence-electron chi connectivity index (χ3n) is 5.34. The van der Waals surface area contributed by atoms with Crippen LogP contribution in [0.25, 0.3) is 16.0 Å². The van der Waals surface area contributed by atoms with Gasteiger partial charge in [-0.2, -0.15) is 10.1 Å². The molecular formula is C21H27N5O2S. The predicted molar refractivity (Wildman–Crippen MR) is 116 cm³/mol. The van der Waals surface area contributed by atoms with Gasteiger partial charge >= 0.3 is 0 Å². The number of fused-ring (bicyclic) bond motifs is 1. The number of aryl methyl sites for hydroxylation is 1. The molecule has 0 saturated carbocycles. The number of nitrogens with zero attached hydrogens (tertiary/aromatic N) is 5. The van der Waals surface area contributed by atoms with Crippen molar-refractivity contribution in [2.45, 2.75) is 33.1 Å². The second kappa shape index (κ2) is 8.41. The van der Waals surface area contributed by atoms with Crippen molar-refractivity contribution in [2.75, 3.05) is 38.2 Å². The largest absolute Gasteiger partial charge is 0.497 e. The van der Waals surface area contributed by atoms with Gasteiger partial charge in [-0.15, -0.1) is 0 Å². The molecule has 29 heavy (non-hydrogen) atoms.